The Balaban J connectivity index is 2.25. The number of halogens is 1. The van der Waals surface area contributed by atoms with E-state index < -0.39 is 18.2 Å². The molecular weight excluding hydrogens is 282 g/mol. The van der Waals surface area contributed by atoms with E-state index in [1.54, 1.807) is 30.3 Å². The SMILES string of the molecule is O=C(O)CC(=O)c1cccnc1Oc1ccc(Cl)cc1. The third-order valence-corrected chi connectivity index (χ3v) is 2.66. The van der Waals surface area contributed by atoms with E-state index in [1.807, 2.05) is 0 Å². The summed E-state index contributed by atoms with van der Waals surface area (Å²) < 4.78 is 5.48. The van der Waals surface area contributed by atoms with Crippen LogP contribution >= 0.6 is 11.6 Å². The van der Waals surface area contributed by atoms with Crippen LogP contribution in [0.4, 0.5) is 0 Å². The predicted molar refractivity (Wildman–Crippen MR) is 72.3 cm³/mol. The Morgan fingerprint density at radius 2 is 1.90 bits per heavy atom. The van der Waals surface area contributed by atoms with Gasteiger partial charge in [-0.2, -0.15) is 0 Å². The van der Waals surface area contributed by atoms with Crippen molar-refractivity contribution in [2.24, 2.45) is 0 Å². The first-order valence-corrected chi connectivity index (χ1v) is 6.07. The van der Waals surface area contributed by atoms with E-state index in [1.165, 1.54) is 12.3 Å². The van der Waals surface area contributed by atoms with Crippen molar-refractivity contribution >= 4 is 23.4 Å². The summed E-state index contributed by atoms with van der Waals surface area (Å²) in [5, 5.41) is 9.22. The van der Waals surface area contributed by atoms with Crippen LogP contribution in [0.1, 0.15) is 16.8 Å². The molecule has 0 saturated heterocycles. The Morgan fingerprint density at radius 1 is 1.20 bits per heavy atom. The summed E-state index contributed by atoms with van der Waals surface area (Å²) in [4.78, 5) is 26.3. The van der Waals surface area contributed by atoms with E-state index in [0.717, 1.165) is 0 Å². The minimum Gasteiger partial charge on any atom is -0.481 e. The van der Waals surface area contributed by atoms with E-state index >= 15 is 0 Å². The monoisotopic (exact) mass is 291 g/mol. The molecule has 1 aromatic carbocycles. The number of benzene rings is 1. The van der Waals surface area contributed by atoms with Gasteiger partial charge in [0.05, 0.1) is 5.56 Å². The van der Waals surface area contributed by atoms with E-state index in [9.17, 15) is 9.59 Å². The summed E-state index contributed by atoms with van der Waals surface area (Å²) in [6.07, 6.45) is 0.853. The summed E-state index contributed by atoms with van der Waals surface area (Å²) in [6.45, 7) is 0. The van der Waals surface area contributed by atoms with Crippen LogP contribution in [0.25, 0.3) is 0 Å². The third kappa shape index (κ3) is 3.55. The highest BCUT2D eigenvalue weighted by Crippen LogP contribution is 2.25. The largest absolute Gasteiger partial charge is 0.481 e. The summed E-state index contributed by atoms with van der Waals surface area (Å²) in [5.74, 6) is -1.23. The van der Waals surface area contributed by atoms with Crippen LogP contribution in [0.15, 0.2) is 42.6 Å². The van der Waals surface area contributed by atoms with Gasteiger partial charge in [0.25, 0.3) is 0 Å². The number of Topliss-reactive ketones (excluding diaryl/α,β-unsaturated/α-hetero) is 1. The van der Waals surface area contributed by atoms with E-state index in [2.05, 4.69) is 4.98 Å². The van der Waals surface area contributed by atoms with Crippen LogP contribution in [0.5, 0.6) is 11.6 Å². The van der Waals surface area contributed by atoms with E-state index in [-0.39, 0.29) is 11.4 Å². The first-order chi connectivity index (χ1) is 9.56. The molecule has 0 bridgehead atoms. The van der Waals surface area contributed by atoms with E-state index in [0.29, 0.717) is 10.8 Å². The van der Waals surface area contributed by atoms with Gasteiger partial charge in [-0.05, 0) is 36.4 Å². The molecule has 0 atom stereocenters. The van der Waals surface area contributed by atoms with Gasteiger partial charge in [-0.25, -0.2) is 4.98 Å². The maximum absolute atomic E-state index is 11.8. The number of hydrogen-bond donors (Lipinski definition) is 1. The van der Waals surface area contributed by atoms with Crippen LogP contribution in [0.2, 0.25) is 5.02 Å². The standard InChI is InChI=1S/C14H10ClNO4/c15-9-3-5-10(6-4-9)20-14-11(2-1-7-16-14)12(17)8-13(18)19/h1-7H,8H2,(H,18,19). The Kier molecular flexibility index (Phi) is 4.32. The molecule has 20 heavy (non-hydrogen) atoms. The van der Waals surface area contributed by atoms with Crippen LogP contribution < -0.4 is 4.74 Å². The fraction of sp³-hybridized carbons (Fsp3) is 0.0714. The Hall–Kier alpha value is -2.40. The second kappa shape index (κ2) is 6.16. The van der Waals surface area contributed by atoms with Crippen molar-refractivity contribution in [2.75, 3.05) is 0 Å². The van der Waals surface area contributed by atoms with Crippen molar-refractivity contribution in [1.82, 2.24) is 4.98 Å². The van der Waals surface area contributed by atoms with E-state index in [4.69, 9.17) is 21.4 Å². The molecule has 0 unspecified atom stereocenters. The number of carboxylic acid groups (broad SMARTS) is 1. The Bertz CT molecular complexity index is 640. The lowest BCUT2D eigenvalue weighted by atomic mass is 10.1. The molecule has 6 heteroatoms. The second-order valence-corrected chi connectivity index (χ2v) is 4.34. The topological polar surface area (TPSA) is 76.5 Å². The van der Waals surface area contributed by atoms with Crippen molar-refractivity contribution in [3.8, 4) is 11.6 Å². The molecular formula is C14H10ClNO4. The van der Waals surface area contributed by atoms with Gasteiger partial charge in [0.2, 0.25) is 5.88 Å². The molecule has 0 aliphatic heterocycles. The normalized spacial score (nSPS) is 10.1. The minimum absolute atomic E-state index is 0.0704. The lowest BCUT2D eigenvalue weighted by Crippen LogP contribution is -2.09. The molecule has 1 N–H and O–H groups in total. The average Bonchev–Trinajstić information content (AvgIpc) is 2.41. The van der Waals surface area contributed by atoms with Gasteiger partial charge in [0.1, 0.15) is 12.2 Å². The average molecular weight is 292 g/mol. The Morgan fingerprint density at radius 3 is 2.55 bits per heavy atom. The number of carboxylic acids is 1. The second-order valence-electron chi connectivity index (χ2n) is 3.91. The van der Waals surface area contributed by atoms with Crippen LogP contribution in [-0.2, 0) is 4.79 Å². The lowest BCUT2D eigenvalue weighted by Gasteiger charge is -2.08. The molecule has 0 spiro atoms. The highest BCUT2D eigenvalue weighted by atomic mass is 35.5. The smallest absolute Gasteiger partial charge is 0.311 e. The van der Waals surface area contributed by atoms with Gasteiger partial charge in [-0.3, -0.25) is 9.59 Å². The number of ether oxygens (including phenoxy) is 1. The molecule has 2 aromatic rings. The molecule has 1 aromatic heterocycles. The molecule has 2 rings (SSSR count). The maximum atomic E-state index is 11.8. The molecule has 0 aliphatic carbocycles. The quantitative estimate of drug-likeness (QED) is 0.676. The lowest BCUT2D eigenvalue weighted by molar-refractivity contribution is -0.135. The number of aliphatic carboxylic acids is 1. The van der Waals surface area contributed by atoms with Gasteiger partial charge in [-0.15, -0.1) is 0 Å². The van der Waals surface area contributed by atoms with Crippen molar-refractivity contribution in [2.45, 2.75) is 6.42 Å². The molecule has 0 saturated carbocycles. The molecule has 0 amide bonds. The van der Waals surface area contributed by atoms with Crippen LogP contribution in [-0.4, -0.2) is 21.8 Å². The fourth-order valence-electron chi connectivity index (χ4n) is 1.53. The number of ketones is 1. The van der Waals surface area contributed by atoms with Gasteiger partial charge in [0, 0.05) is 11.2 Å². The van der Waals surface area contributed by atoms with Gasteiger partial charge in [-0.1, -0.05) is 11.6 Å². The predicted octanol–water partition coefficient (Wildman–Crippen LogP) is 3.18. The zero-order valence-corrected chi connectivity index (χ0v) is 11.0. The van der Waals surface area contributed by atoms with Crippen LogP contribution in [0.3, 0.4) is 0 Å². The molecule has 5 nitrogen and oxygen atoms in total. The Labute approximate surface area is 119 Å². The first kappa shape index (κ1) is 14.0. The molecule has 102 valence electrons. The molecule has 0 fully saturated rings. The van der Waals surface area contributed by atoms with Crippen molar-refractivity contribution in [3.63, 3.8) is 0 Å². The highest BCUT2D eigenvalue weighted by molar-refractivity contribution is 6.30. The van der Waals surface area contributed by atoms with Crippen molar-refractivity contribution < 1.29 is 19.4 Å². The van der Waals surface area contributed by atoms with Gasteiger partial charge < -0.3 is 9.84 Å². The summed E-state index contributed by atoms with van der Waals surface area (Å²) in [6, 6.07) is 9.55. The van der Waals surface area contributed by atoms with Crippen molar-refractivity contribution in [1.29, 1.82) is 0 Å². The summed E-state index contributed by atoms with van der Waals surface area (Å²) in [7, 11) is 0. The van der Waals surface area contributed by atoms with Gasteiger partial charge in [0.15, 0.2) is 5.78 Å². The minimum atomic E-state index is -1.20. The maximum Gasteiger partial charge on any atom is 0.311 e. The van der Waals surface area contributed by atoms with Crippen LogP contribution in [0, 0.1) is 0 Å². The number of nitrogens with zero attached hydrogens (tertiary/aromatic N) is 1. The first-order valence-electron chi connectivity index (χ1n) is 5.69. The zero-order chi connectivity index (χ0) is 14.5. The van der Waals surface area contributed by atoms with Gasteiger partial charge >= 0.3 is 5.97 Å². The number of pyridine rings is 1. The number of carbonyl (C=O) groups is 2. The van der Waals surface area contributed by atoms with Crippen molar-refractivity contribution in [3.05, 3.63) is 53.2 Å². The molecule has 0 radical (unpaired) electrons. The number of aromatic nitrogens is 1. The number of rotatable bonds is 5. The number of hydrogen-bond acceptors (Lipinski definition) is 4. The highest BCUT2D eigenvalue weighted by Gasteiger charge is 2.17. The third-order valence-electron chi connectivity index (χ3n) is 2.41. The zero-order valence-electron chi connectivity index (χ0n) is 10.2. The summed E-state index contributed by atoms with van der Waals surface area (Å²) in [5.41, 5.74) is 0.129. The summed E-state index contributed by atoms with van der Waals surface area (Å²) >= 11 is 5.76. The molecule has 1 heterocycles. The molecule has 0 aliphatic rings. The number of carbonyl (C=O) groups excluding carboxylic acids is 1. The fourth-order valence-corrected chi connectivity index (χ4v) is 1.66.